The SMILES string of the molecule is Cc1cc(NC(=O)n2ccnc2)ccc1Br. The Kier molecular flexibility index (Phi) is 3.05. The zero-order chi connectivity index (χ0) is 11.5. The maximum Gasteiger partial charge on any atom is 0.331 e. The molecule has 0 saturated heterocycles. The number of nitrogens with one attached hydrogen (secondary N) is 1. The zero-order valence-corrected chi connectivity index (χ0v) is 10.2. The number of nitrogens with zero attached hydrogens (tertiary/aromatic N) is 2. The van der Waals surface area contributed by atoms with Crippen LogP contribution in [0.3, 0.4) is 0 Å². The molecule has 4 nitrogen and oxygen atoms in total. The molecule has 0 unspecified atom stereocenters. The van der Waals surface area contributed by atoms with Crippen molar-refractivity contribution in [2.45, 2.75) is 6.92 Å². The lowest BCUT2D eigenvalue weighted by molar-refractivity contribution is 0.253. The van der Waals surface area contributed by atoms with E-state index in [2.05, 4.69) is 26.2 Å². The van der Waals surface area contributed by atoms with Crippen molar-refractivity contribution in [3.8, 4) is 0 Å². The van der Waals surface area contributed by atoms with E-state index in [-0.39, 0.29) is 6.03 Å². The molecule has 1 N–H and O–H groups in total. The van der Waals surface area contributed by atoms with E-state index in [1.165, 1.54) is 10.9 Å². The molecule has 0 spiro atoms. The van der Waals surface area contributed by atoms with Crippen LogP contribution in [0.1, 0.15) is 5.56 Å². The lowest BCUT2D eigenvalue weighted by atomic mass is 10.2. The predicted molar refractivity (Wildman–Crippen MR) is 65.5 cm³/mol. The quantitative estimate of drug-likeness (QED) is 0.872. The number of imidazole rings is 1. The summed E-state index contributed by atoms with van der Waals surface area (Å²) in [6, 6.07) is 5.42. The van der Waals surface area contributed by atoms with Crippen molar-refractivity contribution in [1.82, 2.24) is 9.55 Å². The van der Waals surface area contributed by atoms with Gasteiger partial charge >= 0.3 is 6.03 Å². The van der Waals surface area contributed by atoms with Crippen LogP contribution >= 0.6 is 15.9 Å². The van der Waals surface area contributed by atoms with Gasteiger partial charge < -0.3 is 5.32 Å². The number of carbonyl (C=O) groups is 1. The Bertz CT molecular complexity index is 508. The summed E-state index contributed by atoms with van der Waals surface area (Å²) in [5, 5.41) is 2.78. The van der Waals surface area contributed by atoms with E-state index in [0.29, 0.717) is 0 Å². The maximum atomic E-state index is 11.7. The highest BCUT2D eigenvalue weighted by atomic mass is 79.9. The van der Waals surface area contributed by atoms with Gasteiger partial charge in [0.25, 0.3) is 0 Å². The lowest BCUT2D eigenvalue weighted by Gasteiger charge is -2.06. The molecule has 0 radical (unpaired) electrons. The number of rotatable bonds is 1. The number of carbonyl (C=O) groups excluding carboxylic acids is 1. The van der Waals surface area contributed by atoms with E-state index in [0.717, 1.165) is 15.7 Å². The molecule has 0 aliphatic carbocycles. The number of halogens is 1. The average molecular weight is 280 g/mol. The monoisotopic (exact) mass is 279 g/mol. The van der Waals surface area contributed by atoms with Crippen LogP contribution in [0.2, 0.25) is 0 Å². The first-order chi connectivity index (χ1) is 7.66. The molecule has 2 rings (SSSR count). The van der Waals surface area contributed by atoms with Gasteiger partial charge in [-0.05, 0) is 30.7 Å². The minimum absolute atomic E-state index is 0.223. The smallest absolute Gasteiger partial charge is 0.307 e. The summed E-state index contributed by atoms with van der Waals surface area (Å²) in [7, 11) is 0. The van der Waals surface area contributed by atoms with Gasteiger partial charge in [0, 0.05) is 22.6 Å². The van der Waals surface area contributed by atoms with Gasteiger partial charge in [-0.25, -0.2) is 9.78 Å². The molecule has 82 valence electrons. The molecule has 5 heteroatoms. The standard InChI is InChI=1S/C11H10BrN3O/c1-8-6-9(2-3-10(8)12)14-11(16)15-5-4-13-7-15/h2-7H,1H3,(H,14,16). The van der Waals surface area contributed by atoms with Gasteiger partial charge in [-0.1, -0.05) is 15.9 Å². The molecular weight excluding hydrogens is 270 g/mol. The Labute approximate surface area is 101 Å². The second kappa shape index (κ2) is 4.49. The molecule has 0 bridgehead atoms. The van der Waals surface area contributed by atoms with Crippen molar-refractivity contribution < 1.29 is 4.79 Å². The highest BCUT2D eigenvalue weighted by molar-refractivity contribution is 9.10. The van der Waals surface area contributed by atoms with Crippen molar-refractivity contribution in [3.63, 3.8) is 0 Å². The third kappa shape index (κ3) is 2.30. The Morgan fingerprint density at radius 1 is 1.50 bits per heavy atom. The Morgan fingerprint density at radius 3 is 2.94 bits per heavy atom. The molecule has 0 saturated carbocycles. The molecule has 0 aliphatic rings. The van der Waals surface area contributed by atoms with Crippen LogP contribution in [0.5, 0.6) is 0 Å². The molecule has 0 fully saturated rings. The average Bonchev–Trinajstić information content (AvgIpc) is 2.77. The fourth-order valence-corrected chi connectivity index (χ4v) is 1.54. The Morgan fingerprint density at radius 2 is 2.31 bits per heavy atom. The summed E-state index contributed by atoms with van der Waals surface area (Å²) in [5.41, 5.74) is 1.84. The topological polar surface area (TPSA) is 46.9 Å². The number of benzene rings is 1. The summed E-state index contributed by atoms with van der Waals surface area (Å²) in [6.07, 6.45) is 4.62. The third-order valence-corrected chi connectivity index (χ3v) is 3.04. The number of anilines is 1. The van der Waals surface area contributed by atoms with Crippen LogP contribution in [-0.2, 0) is 0 Å². The van der Waals surface area contributed by atoms with Crippen LogP contribution < -0.4 is 5.32 Å². The van der Waals surface area contributed by atoms with Crippen molar-refractivity contribution in [3.05, 3.63) is 47.0 Å². The molecule has 1 aromatic carbocycles. The highest BCUT2D eigenvalue weighted by Gasteiger charge is 2.04. The first-order valence-electron chi connectivity index (χ1n) is 4.72. The fourth-order valence-electron chi connectivity index (χ4n) is 1.29. The summed E-state index contributed by atoms with van der Waals surface area (Å²) < 4.78 is 2.41. The van der Waals surface area contributed by atoms with E-state index < -0.39 is 0 Å². The largest absolute Gasteiger partial charge is 0.331 e. The summed E-state index contributed by atoms with van der Waals surface area (Å²) in [4.78, 5) is 15.5. The van der Waals surface area contributed by atoms with E-state index in [9.17, 15) is 4.79 Å². The van der Waals surface area contributed by atoms with Gasteiger partial charge in [-0.15, -0.1) is 0 Å². The molecule has 2 aromatic rings. The Hall–Kier alpha value is -1.62. The van der Waals surface area contributed by atoms with Gasteiger partial charge in [-0.3, -0.25) is 4.57 Å². The first-order valence-corrected chi connectivity index (χ1v) is 5.51. The fraction of sp³-hybridized carbons (Fsp3) is 0.0909. The number of hydrogen-bond acceptors (Lipinski definition) is 2. The molecule has 16 heavy (non-hydrogen) atoms. The number of aromatic nitrogens is 2. The molecular formula is C11H10BrN3O. The number of hydrogen-bond donors (Lipinski definition) is 1. The minimum Gasteiger partial charge on any atom is -0.307 e. The van der Waals surface area contributed by atoms with Crippen LogP contribution in [0, 0.1) is 6.92 Å². The molecule has 0 aliphatic heterocycles. The summed E-state index contributed by atoms with van der Waals surface area (Å²) in [6.45, 7) is 1.97. The van der Waals surface area contributed by atoms with Crippen LogP contribution in [0.25, 0.3) is 0 Å². The summed E-state index contributed by atoms with van der Waals surface area (Å²) >= 11 is 3.41. The maximum absolute atomic E-state index is 11.7. The van der Waals surface area contributed by atoms with E-state index in [4.69, 9.17) is 0 Å². The number of aryl methyl sites for hydroxylation is 1. The van der Waals surface area contributed by atoms with Crippen molar-refractivity contribution in [2.24, 2.45) is 0 Å². The predicted octanol–water partition coefficient (Wildman–Crippen LogP) is 3.03. The van der Waals surface area contributed by atoms with Crippen LogP contribution in [0.4, 0.5) is 10.5 Å². The minimum atomic E-state index is -0.223. The van der Waals surface area contributed by atoms with Crippen molar-refractivity contribution >= 4 is 27.6 Å². The van der Waals surface area contributed by atoms with E-state index in [1.807, 2.05) is 25.1 Å². The van der Waals surface area contributed by atoms with Gasteiger partial charge in [0.1, 0.15) is 6.33 Å². The first kappa shape index (κ1) is 10.9. The number of amides is 1. The highest BCUT2D eigenvalue weighted by Crippen LogP contribution is 2.20. The van der Waals surface area contributed by atoms with Gasteiger partial charge in [0.05, 0.1) is 0 Å². The van der Waals surface area contributed by atoms with Gasteiger partial charge in [0.2, 0.25) is 0 Å². The zero-order valence-electron chi connectivity index (χ0n) is 8.64. The molecule has 0 atom stereocenters. The second-order valence-electron chi connectivity index (χ2n) is 3.36. The van der Waals surface area contributed by atoms with Crippen molar-refractivity contribution in [1.29, 1.82) is 0 Å². The normalized spacial score (nSPS) is 10.1. The van der Waals surface area contributed by atoms with Crippen molar-refractivity contribution in [2.75, 3.05) is 5.32 Å². The third-order valence-electron chi connectivity index (χ3n) is 2.15. The molecule has 1 amide bonds. The van der Waals surface area contributed by atoms with Crippen LogP contribution in [-0.4, -0.2) is 15.6 Å². The van der Waals surface area contributed by atoms with Gasteiger partial charge in [-0.2, -0.15) is 0 Å². The van der Waals surface area contributed by atoms with Gasteiger partial charge in [0.15, 0.2) is 0 Å². The molecule has 1 aromatic heterocycles. The lowest BCUT2D eigenvalue weighted by Crippen LogP contribution is -2.17. The summed E-state index contributed by atoms with van der Waals surface area (Å²) in [5.74, 6) is 0. The van der Waals surface area contributed by atoms with E-state index in [1.54, 1.807) is 12.4 Å². The molecule has 1 heterocycles. The Balaban J connectivity index is 2.15. The van der Waals surface area contributed by atoms with E-state index >= 15 is 0 Å². The second-order valence-corrected chi connectivity index (χ2v) is 4.22. The van der Waals surface area contributed by atoms with Crippen LogP contribution in [0.15, 0.2) is 41.4 Å².